The number of hydrogen-bond acceptors (Lipinski definition) is 4. The van der Waals surface area contributed by atoms with Gasteiger partial charge in [-0.1, -0.05) is 42.5 Å². The van der Waals surface area contributed by atoms with Gasteiger partial charge in [0.15, 0.2) is 5.96 Å². The van der Waals surface area contributed by atoms with Crippen molar-refractivity contribution < 1.29 is 14.6 Å². The first-order valence-corrected chi connectivity index (χ1v) is 9.07. The van der Waals surface area contributed by atoms with E-state index < -0.39 is 0 Å². The highest BCUT2D eigenvalue weighted by atomic mass is 127. The van der Waals surface area contributed by atoms with Crippen LogP contribution in [0.4, 0.5) is 0 Å². The molecule has 1 atom stereocenters. The van der Waals surface area contributed by atoms with E-state index in [4.69, 9.17) is 9.47 Å². The molecule has 3 N–H and O–H groups in total. The van der Waals surface area contributed by atoms with Crippen LogP contribution in [0.15, 0.2) is 59.6 Å². The Balaban J connectivity index is 0.00000392. The van der Waals surface area contributed by atoms with Crippen LogP contribution < -0.4 is 15.4 Å². The molecule has 0 saturated carbocycles. The maximum Gasteiger partial charge on any atom is 0.191 e. The second kappa shape index (κ2) is 14.2. The Kier molecular flexibility index (Phi) is 12.3. The summed E-state index contributed by atoms with van der Waals surface area (Å²) in [5, 5.41) is 16.1. The van der Waals surface area contributed by atoms with Crippen LogP contribution in [0.25, 0.3) is 0 Å². The molecule has 2 rings (SSSR count). The van der Waals surface area contributed by atoms with E-state index in [0.29, 0.717) is 32.3 Å². The molecule has 2 aromatic rings. The average Bonchev–Trinajstić information content (AvgIpc) is 2.73. The molecule has 0 aliphatic carbocycles. The Morgan fingerprint density at radius 2 is 1.89 bits per heavy atom. The number of aliphatic imine (C=N–C) groups is 1. The molecule has 1 unspecified atom stereocenters. The van der Waals surface area contributed by atoms with Crippen LogP contribution in [0.3, 0.4) is 0 Å². The first-order chi connectivity index (χ1) is 13.3. The van der Waals surface area contributed by atoms with Crippen molar-refractivity contribution in [2.45, 2.75) is 12.5 Å². The summed E-state index contributed by atoms with van der Waals surface area (Å²) in [6.07, 6.45) is 0. The number of aliphatic hydroxyl groups is 1. The standard InChI is InChI=1S/C21H29N3O3.HI/c1-22-21(24-14-19(15-25)18-8-4-3-5-9-18)23-11-12-27-16-17-7-6-10-20(13-17)26-2;/h3-10,13,19,25H,11-12,14-16H2,1-2H3,(H2,22,23,24);1H. The topological polar surface area (TPSA) is 75.1 Å². The van der Waals surface area contributed by atoms with Crippen LogP contribution in [-0.2, 0) is 11.3 Å². The third-order valence-electron chi connectivity index (χ3n) is 4.17. The van der Waals surface area contributed by atoms with Gasteiger partial charge in [0, 0.05) is 26.1 Å². The number of nitrogens with one attached hydrogen (secondary N) is 2. The molecule has 0 saturated heterocycles. The van der Waals surface area contributed by atoms with E-state index >= 15 is 0 Å². The summed E-state index contributed by atoms with van der Waals surface area (Å²) >= 11 is 0. The van der Waals surface area contributed by atoms with Crippen LogP contribution >= 0.6 is 24.0 Å². The van der Waals surface area contributed by atoms with Gasteiger partial charge in [-0.3, -0.25) is 4.99 Å². The third-order valence-corrected chi connectivity index (χ3v) is 4.17. The Labute approximate surface area is 184 Å². The zero-order valence-electron chi connectivity index (χ0n) is 16.4. The molecule has 0 aliphatic rings. The number of guanidine groups is 1. The lowest BCUT2D eigenvalue weighted by molar-refractivity contribution is 0.125. The zero-order valence-corrected chi connectivity index (χ0v) is 18.8. The van der Waals surface area contributed by atoms with Crippen LogP contribution in [0.5, 0.6) is 5.75 Å². The first-order valence-electron chi connectivity index (χ1n) is 9.07. The highest BCUT2D eigenvalue weighted by Crippen LogP contribution is 2.14. The fraction of sp³-hybridized carbons (Fsp3) is 0.381. The largest absolute Gasteiger partial charge is 0.497 e. The number of hydrogen-bond donors (Lipinski definition) is 3. The van der Waals surface area contributed by atoms with Crippen molar-refractivity contribution in [3.05, 3.63) is 65.7 Å². The number of benzene rings is 2. The maximum atomic E-state index is 9.63. The van der Waals surface area contributed by atoms with Gasteiger partial charge < -0.3 is 25.2 Å². The van der Waals surface area contributed by atoms with E-state index in [1.165, 1.54) is 0 Å². The minimum atomic E-state index is 0. The highest BCUT2D eigenvalue weighted by Gasteiger charge is 2.10. The van der Waals surface area contributed by atoms with Gasteiger partial charge in [-0.05, 0) is 23.3 Å². The summed E-state index contributed by atoms with van der Waals surface area (Å²) in [6.45, 7) is 2.41. The predicted octanol–water partition coefficient (Wildman–Crippen LogP) is 2.77. The molecule has 28 heavy (non-hydrogen) atoms. The summed E-state index contributed by atoms with van der Waals surface area (Å²) in [6, 6.07) is 17.8. The summed E-state index contributed by atoms with van der Waals surface area (Å²) in [5.41, 5.74) is 2.18. The molecular weight excluding hydrogens is 469 g/mol. The number of nitrogens with zero attached hydrogens (tertiary/aromatic N) is 1. The molecular formula is C21H30IN3O3. The Bertz CT molecular complexity index is 698. The van der Waals surface area contributed by atoms with E-state index in [9.17, 15) is 5.11 Å². The van der Waals surface area contributed by atoms with Crippen molar-refractivity contribution in [2.24, 2.45) is 4.99 Å². The third kappa shape index (κ3) is 8.45. The van der Waals surface area contributed by atoms with Gasteiger partial charge in [-0.25, -0.2) is 0 Å². The molecule has 0 aromatic heterocycles. The molecule has 154 valence electrons. The van der Waals surface area contributed by atoms with Gasteiger partial charge in [-0.15, -0.1) is 24.0 Å². The van der Waals surface area contributed by atoms with Crippen molar-refractivity contribution in [1.29, 1.82) is 0 Å². The summed E-state index contributed by atoms with van der Waals surface area (Å²) in [7, 11) is 3.38. The molecule has 6 nitrogen and oxygen atoms in total. The lowest BCUT2D eigenvalue weighted by atomic mass is 10.0. The average molecular weight is 499 g/mol. The van der Waals surface area contributed by atoms with E-state index in [1.54, 1.807) is 14.2 Å². The molecule has 0 heterocycles. The van der Waals surface area contributed by atoms with Crippen molar-refractivity contribution in [3.63, 3.8) is 0 Å². The molecule has 0 fully saturated rings. The molecule has 0 amide bonds. The second-order valence-corrected chi connectivity index (χ2v) is 6.07. The number of rotatable bonds is 10. The van der Waals surface area contributed by atoms with Gasteiger partial charge in [-0.2, -0.15) is 0 Å². The summed E-state index contributed by atoms with van der Waals surface area (Å²) in [5.74, 6) is 1.54. The lowest BCUT2D eigenvalue weighted by Gasteiger charge is -2.18. The SMILES string of the molecule is CN=C(NCCOCc1cccc(OC)c1)NCC(CO)c1ccccc1.I. The maximum absolute atomic E-state index is 9.63. The predicted molar refractivity (Wildman–Crippen MR) is 124 cm³/mol. The second-order valence-electron chi connectivity index (χ2n) is 6.07. The van der Waals surface area contributed by atoms with Gasteiger partial charge in [0.05, 0.1) is 26.9 Å². The van der Waals surface area contributed by atoms with E-state index in [-0.39, 0.29) is 36.5 Å². The van der Waals surface area contributed by atoms with Gasteiger partial charge >= 0.3 is 0 Å². The number of halogens is 1. The number of ether oxygens (including phenoxy) is 2. The zero-order chi connectivity index (χ0) is 19.3. The van der Waals surface area contributed by atoms with Crippen molar-refractivity contribution >= 4 is 29.9 Å². The fourth-order valence-corrected chi connectivity index (χ4v) is 2.65. The van der Waals surface area contributed by atoms with E-state index in [1.807, 2.05) is 54.6 Å². The van der Waals surface area contributed by atoms with Crippen molar-refractivity contribution in [3.8, 4) is 5.75 Å². The molecule has 0 radical (unpaired) electrons. The first kappa shape index (κ1) is 24.2. The van der Waals surface area contributed by atoms with Crippen LogP contribution in [-0.4, -0.2) is 51.5 Å². The quantitative estimate of drug-likeness (QED) is 0.203. The molecule has 0 spiro atoms. The monoisotopic (exact) mass is 499 g/mol. The molecule has 0 aliphatic heterocycles. The van der Waals surface area contributed by atoms with Gasteiger partial charge in [0.25, 0.3) is 0 Å². The van der Waals surface area contributed by atoms with Crippen molar-refractivity contribution in [1.82, 2.24) is 10.6 Å². The summed E-state index contributed by atoms with van der Waals surface area (Å²) in [4.78, 5) is 4.21. The smallest absolute Gasteiger partial charge is 0.191 e. The Morgan fingerprint density at radius 1 is 1.11 bits per heavy atom. The van der Waals surface area contributed by atoms with E-state index in [0.717, 1.165) is 16.9 Å². The highest BCUT2D eigenvalue weighted by molar-refractivity contribution is 14.0. The Hall–Kier alpha value is -1.84. The van der Waals surface area contributed by atoms with Crippen molar-refractivity contribution in [2.75, 3.05) is 40.5 Å². The molecule has 0 bridgehead atoms. The van der Waals surface area contributed by atoms with Crippen LogP contribution in [0, 0.1) is 0 Å². The fourth-order valence-electron chi connectivity index (χ4n) is 2.65. The van der Waals surface area contributed by atoms with Crippen LogP contribution in [0.2, 0.25) is 0 Å². The Morgan fingerprint density at radius 3 is 2.57 bits per heavy atom. The van der Waals surface area contributed by atoms with E-state index in [2.05, 4.69) is 15.6 Å². The molecule has 2 aromatic carbocycles. The van der Waals surface area contributed by atoms with Gasteiger partial charge in [0.2, 0.25) is 0 Å². The number of aliphatic hydroxyl groups excluding tert-OH is 1. The minimum Gasteiger partial charge on any atom is -0.497 e. The molecule has 7 heteroatoms. The normalized spacial score (nSPS) is 12.0. The van der Waals surface area contributed by atoms with Gasteiger partial charge in [0.1, 0.15) is 5.75 Å². The van der Waals surface area contributed by atoms with Crippen LogP contribution in [0.1, 0.15) is 17.0 Å². The minimum absolute atomic E-state index is 0. The number of methoxy groups -OCH3 is 1. The lowest BCUT2D eigenvalue weighted by Crippen LogP contribution is -2.41. The summed E-state index contributed by atoms with van der Waals surface area (Å²) < 4.78 is 10.9.